The van der Waals surface area contributed by atoms with E-state index in [0.717, 1.165) is 12.0 Å². The first-order valence-corrected chi connectivity index (χ1v) is 9.18. The highest BCUT2D eigenvalue weighted by Gasteiger charge is 2.37. The number of carbonyl (C=O) groups excluding carboxylic acids is 1. The lowest BCUT2D eigenvalue weighted by atomic mass is 9.87. The highest BCUT2D eigenvalue weighted by Crippen LogP contribution is 2.32. The second-order valence-electron chi connectivity index (χ2n) is 7.57. The number of aryl methyl sites for hydroxylation is 1. The number of aromatic nitrogens is 1. The van der Waals surface area contributed by atoms with Gasteiger partial charge in [-0.15, -0.1) is 24.8 Å². The number of pyridine rings is 1. The lowest BCUT2D eigenvalue weighted by Gasteiger charge is -2.38. The molecule has 7 heteroatoms. The average Bonchev–Trinajstić information content (AvgIpc) is 3.08. The first-order valence-electron chi connectivity index (χ1n) is 9.18. The predicted molar refractivity (Wildman–Crippen MR) is 108 cm³/mol. The van der Waals surface area contributed by atoms with Crippen molar-refractivity contribution in [2.45, 2.75) is 63.5 Å². The smallest absolute Gasteiger partial charge is 0.239 e. The highest BCUT2D eigenvalue weighted by atomic mass is 35.5. The first-order chi connectivity index (χ1) is 11.5. The summed E-state index contributed by atoms with van der Waals surface area (Å²) in [6.45, 7) is 3.07. The third kappa shape index (κ3) is 5.32. The van der Waals surface area contributed by atoms with Gasteiger partial charge in [-0.1, -0.05) is 31.7 Å². The van der Waals surface area contributed by atoms with Crippen molar-refractivity contribution in [2.24, 2.45) is 11.7 Å². The minimum atomic E-state index is -0.931. The van der Waals surface area contributed by atoms with E-state index < -0.39 is 11.6 Å². The molecule has 0 bridgehead atoms. The maximum absolute atomic E-state index is 12.6. The summed E-state index contributed by atoms with van der Waals surface area (Å²) in [5, 5.41) is 10.9. The van der Waals surface area contributed by atoms with Crippen LogP contribution in [0.3, 0.4) is 0 Å². The summed E-state index contributed by atoms with van der Waals surface area (Å²) < 4.78 is 0. The Morgan fingerprint density at radius 1 is 1.31 bits per heavy atom. The molecule has 0 aromatic carbocycles. The number of nitrogens with zero attached hydrogens (tertiary/aromatic N) is 2. The van der Waals surface area contributed by atoms with Crippen LogP contribution in [0, 0.1) is 12.8 Å². The van der Waals surface area contributed by atoms with Crippen molar-refractivity contribution < 1.29 is 9.90 Å². The molecule has 2 heterocycles. The van der Waals surface area contributed by atoms with Crippen LogP contribution in [-0.2, 0) is 10.4 Å². The number of halogens is 2. The molecule has 1 amide bonds. The van der Waals surface area contributed by atoms with E-state index in [4.69, 9.17) is 5.73 Å². The van der Waals surface area contributed by atoms with E-state index in [0.29, 0.717) is 37.5 Å². The van der Waals surface area contributed by atoms with Crippen molar-refractivity contribution in [3.63, 3.8) is 0 Å². The third-order valence-corrected chi connectivity index (χ3v) is 5.67. The quantitative estimate of drug-likeness (QED) is 0.809. The van der Waals surface area contributed by atoms with Crippen LogP contribution in [-0.4, -0.2) is 40.0 Å². The molecule has 2 fully saturated rings. The van der Waals surface area contributed by atoms with Crippen LogP contribution in [0.25, 0.3) is 0 Å². The van der Waals surface area contributed by atoms with Crippen LogP contribution in [0.15, 0.2) is 18.3 Å². The molecule has 1 saturated heterocycles. The van der Waals surface area contributed by atoms with E-state index in [2.05, 4.69) is 4.98 Å². The number of hydrogen-bond acceptors (Lipinski definition) is 4. The number of carbonyl (C=O) groups is 1. The molecule has 1 atom stereocenters. The second kappa shape index (κ2) is 9.88. The molecule has 148 valence electrons. The van der Waals surface area contributed by atoms with Crippen molar-refractivity contribution in [1.82, 2.24) is 9.88 Å². The van der Waals surface area contributed by atoms with Gasteiger partial charge in [0.05, 0.1) is 11.7 Å². The standard InChI is InChI=1S/C19H29N3O2.2ClH/c1-14-6-7-17(21-13-14)19(24)8-10-22(11-9-19)18(23)16(20)12-15-4-2-3-5-15;;/h6-7,13,15-16,24H,2-5,8-12,20H2,1H3;2*1H. The summed E-state index contributed by atoms with van der Waals surface area (Å²) >= 11 is 0. The van der Waals surface area contributed by atoms with Crippen LogP contribution in [0.4, 0.5) is 0 Å². The fourth-order valence-electron chi connectivity index (χ4n) is 4.04. The molecule has 1 aromatic rings. The third-order valence-electron chi connectivity index (χ3n) is 5.67. The maximum Gasteiger partial charge on any atom is 0.239 e. The van der Waals surface area contributed by atoms with Crippen molar-refractivity contribution in [3.05, 3.63) is 29.6 Å². The number of hydrogen-bond donors (Lipinski definition) is 2. The molecule has 0 radical (unpaired) electrons. The summed E-state index contributed by atoms with van der Waals surface area (Å²) in [5.41, 5.74) is 7.01. The molecule has 1 aliphatic carbocycles. The molecular weight excluding hydrogens is 373 g/mol. The van der Waals surface area contributed by atoms with Gasteiger partial charge in [-0.3, -0.25) is 9.78 Å². The Morgan fingerprint density at radius 2 is 1.92 bits per heavy atom. The zero-order chi connectivity index (χ0) is 17.2. The molecule has 2 aliphatic rings. The molecule has 3 N–H and O–H groups in total. The topological polar surface area (TPSA) is 79.5 Å². The van der Waals surface area contributed by atoms with Crippen molar-refractivity contribution in [1.29, 1.82) is 0 Å². The average molecular weight is 404 g/mol. The van der Waals surface area contributed by atoms with Gasteiger partial charge in [0.25, 0.3) is 0 Å². The highest BCUT2D eigenvalue weighted by molar-refractivity contribution is 5.85. The number of amides is 1. The van der Waals surface area contributed by atoms with Gasteiger partial charge < -0.3 is 15.7 Å². The number of piperidine rings is 1. The summed E-state index contributed by atoms with van der Waals surface area (Å²) in [4.78, 5) is 18.8. The van der Waals surface area contributed by atoms with Gasteiger partial charge in [-0.2, -0.15) is 0 Å². The largest absolute Gasteiger partial charge is 0.383 e. The summed E-state index contributed by atoms with van der Waals surface area (Å²) in [5.74, 6) is 0.656. The molecular formula is C19H31Cl2N3O2. The van der Waals surface area contributed by atoms with E-state index in [1.165, 1.54) is 25.7 Å². The zero-order valence-electron chi connectivity index (χ0n) is 15.4. The maximum atomic E-state index is 12.6. The van der Waals surface area contributed by atoms with Crippen LogP contribution in [0.2, 0.25) is 0 Å². The fraction of sp³-hybridized carbons (Fsp3) is 0.684. The van der Waals surface area contributed by atoms with Crippen molar-refractivity contribution >= 4 is 30.7 Å². The molecule has 1 aliphatic heterocycles. The van der Waals surface area contributed by atoms with Gasteiger partial charge in [0.1, 0.15) is 5.60 Å². The first kappa shape index (κ1) is 23.2. The Bertz CT molecular complexity index is 569. The lowest BCUT2D eigenvalue weighted by Crippen LogP contribution is -2.51. The van der Waals surface area contributed by atoms with Crippen LogP contribution < -0.4 is 5.73 Å². The SMILES string of the molecule is Cc1ccc(C2(O)CCN(C(=O)C(N)CC3CCCC3)CC2)nc1.Cl.Cl. The molecule has 0 spiro atoms. The van der Waals surface area contributed by atoms with Crippen LogP contribution >= 0.6 is 24.8 Å². The minimum Gasteiger partial charge on any atom is -0.383 e. The Labute approximate surface area is 168 Å². The molecule has 3 rings (SSSR count). The summed E-state index contributed by atoms with van der Waals surface area (Å²) in [6.07, 6.45) is 8.58. The molecule has 1 aromatic heterocycles. The Kier molecular flexibility index (Phi) is 8.80. The fourth-order valence-corrected chi connectivity index (χ4v) is 4.04. The normalized spacial score (nSPS) is 20.8. The minimum absolute atomic E-state index is 0. The van der Waals surface area contributed by atoms with Crippen LogP contribution in [0.5, 0.6) is 0 Å². The molecule has 1 unspecified atom stereocenters. The lowest BCUT2D eigenvalue weighted by molar-refractivity contribution is -0.137. The van der Waals surface area contributed by atoms with Crippen molar-refractivity contribution in [2.75, 3.05) is 13.1 Å². The number of rotatable bonds is 4. The predicted octanol–water partition coefficient (Wildman–Crippen LogP) is 2.95. The number of likely N-dealkylation sites (tertiary alicyclic amines) is 1. The Balaban J connectivity index is 0.00000169. The Hall–Kier alpha value is -0.880. The summed E-state index contributed by atoms with van der Waals surface area (Å²) in [6, 6.07) is 3.46. The number of aliphatic hydroxyl groups is 1. The van der Waals surface area contributed by atoms with E-state index in [-0.39, 0.29) is 30.7 Å². The van der Waals surface area contributed by atoms with Crippen molar-refractivity contribution in [3.8, 4) is 0 Å². The van der Waals surface area contributed by atoms with E-state index in [9.17, 15) is 9.90 Å². The summed E-state index contributed by atoms with van der Waals surface area (Å²) in [7, 11) is 0. The van der Waals surface area contributed by atoms with Gasteiger partial charge in [-0.25, -0.2) is 0 Å². The Morgan fingerprint density at radius 3 is 2.46 bits per heavy atom. The van der Waals surface area contributed by atoms with Gasteiger partial charge >= 0.3 is 0 Å². The zero-order valence-corrected chi connectivity index (χ0v) is 17.0. The monoisotopic (exact) mass is 403 g/mol. The second-order valence-corrected chi connectivity index (χ2v) is 7.57. The van der Waals surface area contributed by atoms with Gasteiger partial charge in [0, 0.05) is 19.3 Å². The van der Waals surface area contributed by atoms with Gasteiger partial charge in [0.15, 0.2) is 0 Å². The van der Waals surface area contributed by atoms with E-state index in [1.807, 2.05) is 24.0 Å². The number of nitrogens with two attached hydrogens (primary N) is 1. The van der Waals surface area contributed by atoms with Crippen LogP contribution in [0.1, 0.15) is 56.2 Å². The van der Waals surface area contributed by atoms with Gasteiger partial charge in [0.2, 0.25) is 5.91 Å². The molecule has 1 saturated carbocycles. The molecule has 5 nitrogen and oxygen atoms in total. The van der Waals surface area contributed by atoms with E-state index in [1.54, 1.807) is 6.20 Å². The van der Waals surface area contributed by atoms with Gasteiger partial charge in [-0.05, 0) is 43.7 Å². The molecule has 26 heavy (non-hydrogen) atoms. The van der Waals surface area contributed by atoms with E-state index >= 15 is 0 Å².